The summed E-state index contributed by atoms with van der Waals surface area (Å²) in [5, 5.41) is 4.53. The normalized spacial score (nSPS) is 10.5. The molecule has 0 aliphatic heterocycles. The van der Waals surface area contributed by atoms with Gasteiger partial charge in [0.2, 0.25) is 0 Å². The first-order valence-corrected chi connectivity index (χ1v) is 6.35. The molecule has 2 aromatic heterocycles. The van der Waals surface area contributed by atoms with Crippen LogP contribution in [0.5, 0.6) is 0 Å². The molecule has 98 valence electrons. The Hall–Kier alpha value is -1.81. The molecule has 19 heavy (non-hydrogen) atoms. The Balaban J connectivity index is 2.38. The second-order valence-electron chi connectivity index (χ2n) is 4.38. The van der Waals surface area contributed by atoms with E-state index in [4.69, 9.17) is 18.1 Å². The van der Waals surface area contributed by atoms with Gasteiger partial charge in [0.05, 0.1) is 23.3 Å². The molecule has 0 bridgehead atoms. The Kier molecular flexibility index (Phi) is 4.22. The van der Waals surface area contributed by atoms with Crippen LogP contribution >= 0.6 is 12.2 Å². The van der Waals surface area contributed by atoms with Crippen LogP contribution < -0.4 is 11.3 Å². The maximum absolute atomic E-state index is 5.19. The van der Waals surface area contributed by atoms with Gasteiger partial charge in [-0.2, -0.15) is 5.10 Å². The Morgan fingerprint density at radius 2 is 2.32 bits per heavy atom. The maximum atomic E-state index is 5.19. The summed E-state index contributed by atoms with van der Waals surface area (Å²) in [7, 11) is 0. The molecule has 0 saturated carbocycles. The predicted molar refractivity (Wildman–Crippen MR) is 78.7 cm³/mol. The van der Waals surface area contributed by atoms with E-state index >= 15 is 0 Å². The third-order valence-corrected chi connectivity index (χ3v) is 2.81. The zero-order valence-corrected chi connectivity index (χ0v) is 11.7. The zero-order chi connectivity index (χ0) is 13.8. The fourth-order valence-corrected chi connectivity index (χ4v) is 1.69. The lowest BCUT2D eigenvalue weighted by Gasteiger charge is -2.04. The summed E-state index contributed by atoms with van der Waals surface area (Å²) >= 11 is 5.05. The Morgan fingerprint density at radius 1 is 1.53 bits per heavy atom. The number of nitrogens with one attached hydrogen (secondary N) is 1. The van der Waals surface area contributed by atoms with Crippen molar-refractivity contribution in [2.24, 2.45) is 5.84 Å². The predicted octanol–water partition coefficient (Wildman–Crippen LogP) is 1.04. The van der Waals surface area contributed by atoms with E-state index < -0.39 is 0 Å². The summed E-state index contributed by atoms with van der Waals surface area (Å²) < 4.78 is 1.74. The monoisotopic (exact) mass is 273 g/mol. The van der Waals surface area contributed by atoms with Crippen molar-refractivity contribution < 1.29 is 0 Å². The number of thiocarbonyl (C=S) groups is 1. The minimum absolute atomic E-state index is 0.357. The lowest BCUT2D eigenvalue weighted by Crippen LogP contribution is -2.27. The van der Waals surface area contributed by atoms with Crippen molar-refractivity contribution in [3.8, 4) is 11.8 Å². The minimum atomic E-state index is 0.357. The van der Waals surface area contributed by atoms with Gasteiger partial charge in [-0.05, 0) is 24.0 Å². The molecule has 2 heterocycles. The zero-order valence-electron chi connectivity index (χ0n) is 10.8. The first kappa shape index (κ1) is 13.6. The molecule has 0 fully saturated rings. The highest BCUT2D eigenvalue weighted by Crippen LogP contribution is 2.12. The van der Waals surface area contributed by atoms with Crippen molar-refractivity contribution in [3.05, 3.63) is 29.7 Å². The Labute approximate surface area is 117 Å². The van der Waals surface area contributed by atoms with Crippen molar-refractivity contribution >= 4 is 22.7 Å². The number of rotatable bonds is 3. The molecule has 3 N–H and O–H groups in total. The van der Waals surface area contributed by atoms with E-state index in [0.717, 1.165) is 17.0 Å². The standard InChI is InChI=1S/C13H15N5S/c1-9(2)12-5-6-13-15-7-10(18(13)17-12)3-4-11(19)8-16-14/h5-7,9,16H,8,14H2,1-2H3. The SMILES string of the molecule is CC(C)c1ccc2ncc(C#CC(=S)CNN)n2n1. The number of hydrogen-bond donors (Lipinski definition) is 2. The van der Waals surface area contributed by atoms with E-state index in [9.17, 15) is 0 Å². The van der Waals surface area contributed by atoms with Crippen LogP contribution in [-0.4, -0.2) is 26.0 Å². The topological polar surface area (TPSA) is 68.2 Å². The largest absolute Gasteiger partial charge is 0.271 e. The second kappa shape index (κ2) is 5.89. The van der Waals surface area contributed by atoms with Gasteiger partial charge in [-0.1, -0.05) is 32.0 Å². The average Bonchev–Trinajstić information content (AvgIpc) is 2.79. The number of nitrogens with two attached hydrogens (primary N) is 1. The molecule has 0 amide bonds. The van der Waals surface area contributed by atoms with Gasteiger partial charge in [-0.25, -0.2) is 9.50 Å². The fourth-order valence-electron chi connectivity index (χ4n) is 1.55. The Morgan fingerprint density at radius 3 is 3.00 bits per heavy atom. The summed E-state index contributed by atoms with van der Waals surface area (Å²) in [6.07, 6.45) is 1.69. The number of fused-ring (bicyclic) bond motifs is 1. The molecule has 0 unspecified atom stereocenters. The van der Waals surface area contributed by atoms with Crippen LogP contribution in [0.4, 0.5) is 0 Å². The van der Waals surface area contributed by atoms with Crippen LogP contribution in [0.2, 0.25) is 0 Å². The second-order valence-corrected chi connectivity index (χ2v) is 4.87. The lowest BCUT2D eigenvalue weighted by molar-refractivity contribution is 0.761. The van der Waals surface area contributed by atoms with Crippen LogP contribution in [0, 0.1) is 11.8 Å². The molecular weight excluding hydrogens is 258 g/mol. The molecule has 0 spiro atoms. The summed E-state index contributed by atoms with van der Waals surface area (Å²) in [6.45, 7) is 4.58. The number of nitrogens with zero attached hydrogens (tertiary/aromatic N) is 3. The number of hydrogen-bond acceptors (Lipinski definition) is 5. The summed E-state index contributed by atoms with van der Waals surface area (Å²) in [5.74, 6) is 11.4. The molecular formula is C13H15N5S. The first-order valence-electron chi connectivity index (χ1n) is 5.95. The van der Waals surface area contributed by atoms with E-state index in [2.05, 4.69) is 41.2 Å². The van der Waals surface area contributed by atoms with Gasteiger partial charge in [0.1, 0.15) is 5.69 Å². The molecule has 0 aliphatic carbocycles. The molecule has 2 rings (SSSR count). The van der Waals surface area contributed by atoms with Crippen molar-refractivity contribution in [2.75, 3.05) is 6.54 Å². The van der Waals surface area contributed by atoms with Crippen LogP contribution in [0.3, 0.4) is 0 Å². The third kappa shape index (κ3) is 3.15. The van der Waals surface area contributed by atoms with Crippen LogP contribution in [0.1, 0.15) is 31.2 Å². The van der Waals surface area contributed by atoms with Gasteiger partial charge < -0.3 is 0 Å². The maximum Gasteiger partial charge on any atom is 0.154 e. The van der Waals surface area contributed by atoms with Crippen LogP contribution in [0.25, 0.3) is 5.65 Å². The summed E-state index contributed by atoms with van der Waals surface area (Å²) in [5.41, 5.74) is 4.97. The highest BCUT2D eigenvalue weighted by atomic mass is 32.1. The van der Waals surface area contributed by atoms with Crippen molar-refractivity contribution in [1.82, 2.24) is 20.0 Å². The highest BCUT2D eigenvalue weighted by molar-refractivity contribution is 7.81. The smallest absolute Gasteiger partial charge is 0.154 e. The van der Waals surface area contributed by atoms with E-state index in [-0.39, 0.29) is 0 Å². The van der Waals surface area contributed by atoms with Crippen molar-refractivity contribution in [3.63, 3.8) is 0 Å². The first-order chi connectivity index (χ1) is 9.11. The lowest BCUT2D eigenvalue weighted by atomic mass is 10.1. The van der Waals surface area contributed by atoms with Gasteiger partial charge in [0.25, 0.3) is 0 Å². The van der Waals surface area contributed by atoms with Crippen molar-refractivity contribution in [1.29, 1.82) is 0 Å². The van der Waals surface area contributed by atoms with E-state index in [1.54, 1.807) is 10.7 Å². The van der Waals surface area contributed by atoms with Gasteiger partial charge in [0, 0.05) is 0 Å². The van der Waals surface area contributed by atoms with E-state index in [1.807, 2.05) is 12.1 Å². The number of imidazole rings is 1. The van der Waals surface area contributed by atoms with Gasteiger partial charge in [0.15, 0.2) is 5.65 Å². The molecule has 5 nitrogen and oxygen atoms in total. The molecule has 6 heteroatoms. The number of hydrazine groups is 1. The average molecular weight is 273 g/mol. The summed E-state index contributed by atoms with van der Waals surface area (Å²) in [6, 6.07) is 3.92. The molecule has 0 aliphatic rings. The third-order valence-electron chi connectivity index (χ3n) is 2.57. The van der Waals surface area contributed by atoms with Crippen molar-refractivity contribution in [2.45, 2.75) is 19.8 Å². The van der Waals surface area contributed by atoms with Gasteiger partial charge in [-0.3, -0.25) is 11.3 Å². The quantitative estimate of drug-likeness (QED) is 0.378. The fraction of sp³-hybridized carbons (Fsp3) is 0.308. The van der Waals surface area contributed by atoms with Gasteiger partial charge >= 0.3 is 0 Å². The van der Waals surface area contributed by atoms with E-state index in [0.29, 0.717) is 17.3 Å². The molecule has 0 radical (unpaired) electrons. The molecule has 2 aromatic rings. The van der Waals surface area contributed by atoms with Gasteiger partial charge in [-0.15, -0.1) is 0 Å². The molecule has 0 aromatic carbocycles. The number of aromatic nitrogens is 3. The summed E-state index contributed by atoms with van der Waals surface area (Å²) in [4.78, 5) is 4.81. The molecule has 0 saturated heterocycles. The molecule has 0 atom stereocenters. The Bertz CT molecular complexity index is 662. The minimum Gasteiger partial charge on any atom is -0.271 e. The van der Waals surface area contributed by atoms with Crippen LogP contribution in [-0.2, 0) is 0 Å². The van der Waals surface area contributed by atoms with Crippen LogP contribution in [0.15, 0.2) is 18.3 Å². The van der Waals surface area contributed by atoms with E-state index in [1.165, 1.54) is 0 Å². The highest BCUT2D eigenvalue weighted by Gasteiger charge is 2.06.